The summed E-state index contributed by atoms with van der Waals surface area (Å²) in [5, 5.41) is 13.7. The summed E-state index contributed by atoms with van der Waals surface area (Å²) in [5.41, 5.74) is 7.54. The number of hydrogen-bond acceptors (Lipinski definition) is 4. The minimum atomic E-state index is 0.283. The predicted molar refractivity (Wildman–Crippen MR) is 78.1 cm³/mol. The highest BCUT2D eigenvalue weighted by Crippen LogP contribution is 2.31. The Morgan fingerprint density at radius 2 is 2.05 bits per heavy atom. The van der Waals surface area contributed by atoms with E-state index in [1.165, 1.54) is 10.9 Å². The first-order valence-electron chi connectivity index (χ1n) is 5.79. The van der Waals surface area contributed by atoms with Gasteiger partial charge in [0, 0.05) is 4.47 Å². The van der Waals surface area contributed by atoms with Crippen LogP contribution in [0.2, 0.25) is 0 Å². The van der Waals surface area contributed by atoms with Crippen molar-refractivity contribution in [2.45, 2.75) is 0 Å². The number of halogens is 1. The molecule has 0 saturated heterocycles. The molecule has 0 aliphatic carbocycles. The van der Waals surface area contributed by atoms with Crippen molar-refractivity contribution in [3.05, 3.63) is 52.7 Å². The molecule has 0 radical (unpaired) electrons. The minimum absolute atomic E-state index is 0.283. The van der Waals surface area contributed by atoms with Crippen LogP contribution in [0.1, 0.15) is 5.56 Å². The molecular weight excluding hydrogens is 320 g/mol. The Bertz CT molecular complexity index is 799. The molecule has 0 aliphatic rings. The Labute approximate surface area is 123 Å². The van der Waals surface area contributed by atoms with Gasteiger partial charge in [0.15, 0.2) is 5.76 Å². The molecule has 0 atom stereocenters. The van der Waals surface area contributed by atoms with Crippen LogP contribution in [0.25, 0.3) is 17.1 Å². The smallest absolute Gasteiger partial charge is 0.155 e. The van der Waals surface area contributed by atoms with Crippen LogP contribution in [-0.2, 0) is 0 Å². The minimum Gasteiger partial charge on any atom is -0.463 e. The largest absolute Gasteiger partial charge is 0.463 e. The lowest BCUT2D eigenvalue weighted by Crippen LogP contribution is -2.03. The van der Waals surface area contributed by atoms with Crippen LogP contribution in [0, 0.1) is 11.3 Å². The van der Waals surface area contributed by atoms with E-state index in [1.54, 1.807) is 12.1 Å². The maximum Gasteiger partial charge on any atom is 0.155 e. The lowest BCUT2D eigenvalue weighted by molar-refractivity contribution is 0.579. The lowest BCUT2D eigenvalue weighted by Gasteiger charge is -2.05. The number of rotatable bonds is 2. The summed E-state index contributed by atoms with van der Waals surface area (Å²) < 4.78 is 7.67. The van der Waals surface area contributed by atoms with E-state index < -0.39 is 0 Å². The van der Waals surface area contributed by atoms with E-state index in [0.717, 1.165) is 10.2 Å². The summed E-state index contributed by atoms with van der Waals surface area (Å²) in [4.78, 5) is 0. The zero-order valence-electron chi connectivity index (χ0n) is 10.2. The molecule has 0 unspecified atom stereocenters. The number of aromatic nitrogens is 2. The van der Waals surface area contributed by atoms with Gasteiger partial charge in [-0.1, -0.05) is 12.1 Å². The zero-order valence-corrected chi connectivity index (χ0v) is 11.8. The molecule has 0 aliphatic heterocycles. The van der Waals surface area contributed by atoms with Crippen molar-refractivity contribution in [3.8, 4) is 23.2 Å². The number of benzene rings is 1. The van der Waals surface area contributed by atoms with Gasteiger partial charge < -0.3 is 10.2 Å². The fourth-order valence-corrected chi connectivity index (χ4v) is 2.39. The summed E-state index contributed by atoms with van der Waals surface area (Å²) >= 11 is 3.45. The molecule has 3 aromatic rings. The van der Waals surface area contributed by atoms with Crippen molar-refractivity contribution in [2.75, 3.05) is 5.73 Å². The van der Waals surface area contributed by atoms with Crippen LogP contribution >= 0.6 is 15.9 Å². The summed E-state index contributed by atoms with van der Waals surface area (Å²) in [7, 11) is 0. The van der Waals surface area contributed by atoms with Crippen molar-refractivity contribution in [2.24, 2.45) is 0 Å². The maximum absolute atomic E-state index is 9.29. The number of furan rings is 1. The number of anilines is 1. The van der Waals surface area contributed by atoms with Gasteiger partial charge in [-0.15, -0.1) is 0 Å². The van der Waals surface area contributed by atoms with Gasteiger partial charge in [0.1, 0.15) is 23.1 Å². The fraction of sp³-hybridized carbons (Fsp3) is 0. The number of nitrogen functional groups attached to an aromatic ring is 1. The Hall–Kier alpha value is -2.52. The molecular formula is C14H9BrN4O. The molecule has 3 rings (SSSR count). The van der Waals surface area contributed by atoms with Gasteiger partial charge in [0.05, 0.1) is 12.0 Å². The summed E-state index contributed by atoms with van der Waals surface area (Å²) in [5.74, 6) is 0.796. The SMILES string of the molecule is N#Cc1c(-c2ccco2)nn(-c2ccccc2Br)c1N. The Balaban J connectivity index is 2.25. The Morgan fingerprint density at radius 3 is 2.70 bits per heavy atom. The molecule has 0 bridgehead atoms. The van der Waals surface area contributed by atoms with Gasteiger partial charge >= 0.3 is 0 Å². The Kier molecular flexibility index (Phi) is 3.05. The fourth-order valence-electron chi connectivity index (χ4n) is 1.93. The van der Waals surface area contributed by atoms with Crippen LogP contribution in [0.3, 0.4) is 0 Å². The monoisotopic (exact) mass is 328 g/mol. The van der Waals surface area contributed by atoms with Gasteiger partial charge in [0.25, 0.3) is 0 Å². The van der Waals surface area contributed by atoms with Gasteiger partial charge in [-0.05, 0) is 40.2 Å². The maximum atomic E-state index is 9.29. The average molecular weight is 329 g/mol. The molecule has 0 saturated carbocycles. The third kappa shape index (κ3) is 1.89. The van der Waals surface area contributed by atoms with Crippen LogP contribution in [0.15, 0.2) is 51.6 Å². The first-order chi connectivity index (χ1) is 9.72. The summed E-state index contributed by atoms with van der Waals surface area (Å²) in [6.45, 7) is 0. The van der Waals surface area contributed by atoms with Crippen molar-refractivity contribution in [1.29, 1.82) is 5.26 Å². The molecule has 1 aromatic carbocycles. The highest BCUT2D eigenvalue weighted by atomic mass is 79.9. The molecule has 6 heteroatoms. The van der Waals surface area contributed by atoms with E-state index in [2.05, 4.69) is 27.1 Å². The highest BCUT2D eigenvalue weighted by Gasteiger charge is 2.20. The van der Waals surface area contributed by atoms with E-state index >= 15 is 0 Å². The Morgan fingerprint density at radius 1 is 1.25 bits per heavy atom. The third-order valence-corrected chi connectivity index (χ3v) is 3.54. The topological polar surface area (TPSA) is 80.8 Å². The molecule has 20 heavy (non-hydrogen) atoms. The van der Waals surface area contributed by atoms with Gasteiger partial charge in [-0.25, -0.2) is 4.68 Å². The van der Waals surface area contributed by atoms with E-state index in [-0.39, 0.29) is 5.82 Å². The molecule has 2 heterocycles. The standard InChI is InChI=1S/C14H9BrN4O/c15-10-4-1-2-5-11(10)19-14(17)9(8-16)13(18-19)12-6-3-7-20-12/h1-7H,17H2. The quantitative estimate of drug-likeness (QED) is 0.782. The van der Waals surface area contributed by atoms with Crippen LogP contribution < -0.4 is 5.73 Å². The third-order valence-electron chi connectivity index (χ3n) is 2.87. The van der Waals surface area contributed by atoms with E-state index in [4.69, 9.17) is 10.2 Å². The van der Waals surface area contributed by atoms with E-state index in [9.17, 15) is 5.26 Å². The predicted octanol–water partition coefficient (Wildman–Crippen LogP) is 3.35. The van der Waals surface area contributed by atoms with E-state index in [1.807, 2.05) is 24.3 Å². The molecule has 2 aromatic heterocycles. The van der Waals surface area contributed by atoms with Crippen molar-refractivity contribution in [3.63, 3.8) is 0 Å². The average Bonchev–Trinajstić information content (AvgIpc) is 3.07. The molecule has 0 spiro atoms. The first kappa shape index (κ1) is 12.5. The van der Waals surface area contributed by atoms with Crippen LogP contribution in [0.5, 0.6) is 0 Å². The number of nitriles is 1. The normalized spacial score (nSPS) is 10.4. The van der Waals surface area contributed by atoms with Crippen molar-refractivity contribution < 1.29 is 4.42 Å². The van der Waals surface area contributed by atoms with Crippen LogP contribution in [0.4, 0.5) is 5.82 Å². The molecule has 5 nitrogen and oxygen atoms in total. The highest BCUT2D eigenvalue weighted by molar-refractivity contribution is 9.10. The second kappa shape index (κ2) is 4.87. The molecule has 0 amide bonds. The lowest BCUT2D eigenvalue weighted by atomic mass is 10.2. The van der Waals surface area contributed by atoms with Gasteiger partial charge in [0.2, 0.25) is 0 Å². The van der Waals surface area contributed by atoms with Crippen molar-refractivity contribution in [1.82, 2.24) is 9.78 Å². The summed E-state index contributed by atoms with van der Waals surface area (Å²) in [6, 6.07) is 13.1. The van der Waals surface area contributed by atoms with Crippen molar-refractivity contribution >= 4 is 21.7 Å². The first-order valence-corrected chi connectivity index (χ1v) is 6.59. The molecule has 2 N–H and O–H groups in total. The van der Waals surface area contributed by atoms with Crippen LogP contribution in [-0.4, -0.2) is 9.78 Å². The van der Waals surface area contributed by atoms with Gasteiger partial charge in [-0.3, -0.25) is 0 Å². The number of nitrogens with zero attached hydrogens (tertiary/aromatic N) is 3. The zero-order chi connectivity index (χ0) is 14.1. The van der Waals surface area contributed by atoms with Gasteiger partial charge in [-0.2, -0.15) is 10.4 Å². The second-order valence-electron chi connectivity index (χ2n) is 4.06. The van der Waals surface area contributed by atoms with E-state index in [0.29, 0.717) is 17.0 Å². The second-order valence-corrected chi connectivity index (χ2v) is 4.92. The number of hydrogen-bond donors (Lipinski definition) is 1. The summed E-state index contributed by atoms with van der Waals surface area (Å²) in [6.07, 6.45) is 1.53. The molecule has 98 valence electrons. The molecule has 0 fully saturated rings. The number of para-hydroxylation sites is 1. The number of nitrogens with two attached hydrogens (primary N) is 1.